The van der Waals surface area contributed by atoms with E-state index in [1.807, 2.05) is 20.8 Å². The molecule has 7 nitrogen and oxygen atoms in total. The summed E-state index contributed by atoms with van der Waals surface area (Å²) in [5, 5.41) is 7.85. The quantitative estimate of drug-likeness (QED) is 0.794. The summed E-state index contributed by atoms with van der Waals surface area (Å²) in [6, 6.07) is 1.82. The van der Waals surface area contributed by atoms with Gasteiger partial charge in [-0.25, -0.2) is 0 Å². The van der Waals surface area contributed by atoms with E-state index in [9.17, 15) is 9.59 Å². The molecule has 2 aromatic rings. The van der Waals surface area contributed by atoms with Gasteiger partial charge in [-0.1, -0.05) is 6.92 Å². The molecule has 0 atom stereocenters. The number of hydrogen-bond donors (Lipinski definition) is 2. The van der Waals surface area contributed by atoms with Crippen molar-refractivity contribution < 1.29 is 9.59 Å². The van der Waals surface area contributed by atoms with Crippen LogP contribution in [0, 0.1) is 6.92 Å². The molecule has 27 heavy (non-hydrogen) atoms. The molecule has 0 saturated heterocycles. The van der Waals surface area contributed by atoms with E-state index in [4.69, 9.17) is 5.73 Å². The predicted molar refractivity (Wildman–Crippen MR) is 107 cm³/mol. The van der Waals surface area contributed by atoms with Gasteiger partial charge in [-0.05, 0) is 51.8 Å². The van der Waals surface area contributed by atoms with Gasteiger partial charge in [0, 0.05) is 24.0 Å². The second-order valence-corrected chi connectivity index (χ2v) is 8.37. The van der Waals surface area contributed by atoms with Gasteiger partial charge < -0.3 is 11.1 Å². The number of fused-ring (bicyclic) bond motifs is 1. The van der Waals surface area contributed by atoms with Crippen LogP contribution in [-0.2, 0) is 13.0 Å². The maximum Gasteiger partial charge on any atom is 0.274 e. The van der Waals surface area contributed by atoms with Gasteiger partial charge in [-0.2, -0.15) is 5.10 Å². The molecule has 0 saturated carbocycles. The van der Waals surface area contributed by atoms with Gasteiger partial charge in [-0.3, -0.25) is 19.2 Å². The van der Waals surface area contributed by atoms with E-state index in [1.165, 1.54) is 11.3 Å². The summed E-state index contributed by atoms with van der Waals surface area (Å²) in [5.74, 6) is -0.754. The fraction of sp³-hybridized carbons (Fsp3) is 0.526. The molecule has 0 aromatic carbocycles. The fourth-order valence-corrected chi connectivity index (χ4v) is 4.85. The molecule has 2 amide bonds. The standard InChI is InChI=1S/C19H27N5O2S/c1-5-7-23-8-6-13-15(10-23)27-19(16(13)17(20)25)21-18(26)14-9-12(4)22-24(14)11(2)3/h9,11H,5-8,10H2,1-4H3,(H2,20,25)(H,21,26). The molecule has 0 fully saturated rings. The Morgan fingerprint density at radius 3 is 2.78 bits per heavy atom. The van der Waals surface area contributed by atoms with Crippen molar-refractivity contribution >= 4 is 28.2 Å². The maximum atomic E-state index is 12.9. The lowest BCUT2D eigenvalue weighted by atomic mass is 10.0. The number of amides is 2. The Kier molecular flexibility index (Phi) is 5.67. The van der Waals surface area contributed by atoms with Crippen molar-refractivity contribution in [2.75, 3.05) is 18.4 Å². The third kappa shape index (κ3) is 3.91. The van der Waals surface area contributed by atoms with E-state index in [-0.39, 0.29) is 11.9 Å². The molecule has 1 aliphatic rings. The number of aromatic nitrogens is 2. The molecule has 3 rings (SSSR count). The molecule has 3 heterocycles. The van der Waals surface area contributed by atoms with Crippen LogP contribution in [0.3, 0.4) is 0 Å². The van der Waals surface area contributed by atoms with Crippen molar-refractivity contribution in [2.24, 2.45) is 5.73 Å². The highest BCUT2D eigenvalue weighted by Gasteiger charge is 2.28. The van der Waals surface area contributed by atoms with Crippen molar-refractivity contribution in [1.82, 2.24) is 14.7 Å². The number of rotatable bonds is 6. The molecule has 0 radical (unpaired) electrons. The molecule has 8 heteroatoms. The zero-order valence-corrected chi connectivity index (χ0v) is 17.2. The molecule has 2 aromatic heterocycles. The summed E-state index contributed by atoms with van der Waals surface area (Å²) in [6.45, 7) is 10.7. The molecule has 0 bridgehead atoms. The lowest BCUT2D eigenvalue weighted by molar-refractivity contribution is 0.1000. The van der Waals surface area contributed by atoms with Crippen molar-refractivity contribution in [2.45, 2.75) is 53.1 Å². The number of hydrogen-bond acceptors (Lipinski definition) is 5. The van der Waals surface area contributed by atoms with Crippen molar-refractivity contribution in [3.8, 4) is 0 Å². The number of thiophene rings is 1. The zero-order chi connectivity index (χ0) is 19.7. The minimum absolute atomic E-state index is 0.0641. The monoisotopic (exact) mass is 389 g/mol. The average molecular weight is 390 g/mol. The Balaban J connectivity index is 1.91. The third-order valence-electron chi connectivity index (χ3n) is 4.73. The zero-order valence-electron chi connectivity index (χ0n) is 16.3. The first-order valence-electron chi connectivity index (χ1n) is 9.36. The van der Waals surface area contributed by atoms with Gasteiger partial charge in [0.2, 0.25) is 0 Å². The highest BCUT2D eigenvalue weighted by molar-refractivity contribution is 7.17. The predicted octanol–water partition coefficient (Wildman–Crippen LogP) is 2.95. The third-order valence-corrected chi connectivity index (χ3v) is 5.86. The lowest BCUT2D eigenvalue weighted by Crippen LogP contribution is -2.31. The lowest BCUT2D eigenvalue weighted by Gasteiger charge is -2.26. The molecule has 146 valence electrons. The number of nitrogens with two attached hydrogens (primary N) is 1. The summed E-state index contributed by atoms with van der Waals surface area (Å²) in [6.07, 6.45) is 1.87. The second-order valence-electron chi connectivity index (χ2n) is 7.26. The Bertz CT molecular complexity index is 868. The summed E-state index contributed by atoms with van der Waals surface area (Å²) in [5.41, 5.74) is 8.38. The summed E-state index contributed by atoms with van der Waals surface area (Å²) >= 11 is 1.46. The largest absolute Gasteiger partial charge is 0.365 e. The van der Waals surface area contributed by atoms with E-state index in [0.717, 1.165) is 48.6 Å². The van der Waals surface area contributed by atoms with Crippen LogP contribution in [0.4, 0.5) is 5.00 Å². The number of carbonyl (C=O) groups is 2. The van der Waals surface area contributed by atoms with E-state index < -0.39 is 5.91 Å². The van der Waals surface area contributed by atoms with Gasteiger partial charge in [-0.15, -0.1) is 11.3 Å². The van der Waals surface area contributed by atoms with E-state index in [1.54, 1.807) is 10.7 Å². The summed E-state index contributed by atoms with van der Waals surface area (Å²) < 4.78 is 1.70. The van der Waals surface area contributed by atoms with Crippen LogP contribution in [0.15, 0.2) is 6.07 Å². The number of primary amides is 1. The van der Waals surface area contributed by atoms with Crippen LogP contribution >= 0.6 is 11.3 Å². The Morgan fingerprint density at radius 2 is 2.15 bits per heavy atom. The summed E-state index contributed by atoms with van der Waals surface area (Å²) in [7, 11) is 0. The minimum Gasteiger partial charge on any atom is -0.365 e. The second kappa shape index (κ2) is 7.82. The van der Waals surface area contributed by atoms with Crippen LogP contribution in [0.5, 0.6) is 0 Å². The first-order valence-corrected chi connectivity index (χ1v) is 10.2. The minimum atomic E-state index is -0.486. The topological polar surface area (TPSA) is 93.2 Å². The van der Waals surface area contributed by atoms with Gasteiger partial charge in [0.05, 0.1) is 11.3 Å². The first-order chi connectivity index (χ1) is 12.8. The Morgan fingerprint density at radius 1 is 1.41 bits per heavy atom. The Labute approximate surface area is 163 Å². The van der Waals surface area contributed by atoms with Gasteiger partial charge in [0.15, 0.2) is 0 Å². The SMILES string of the molecule is CCCN1CCc2c(sc(NC(=O)c3cc(C)nn3C(C)C)c2C(N)=O)C1. The van der Waals surface area contributed by atoms with Crippen LogP contribution in [0.1, 0.15) is 70.2 Å². The Hall–Kier alpha value is -2.19. The molecule has 0 unspecified atom stereocenters. The fourth-order valence-electron chi connectivity index (χ4n) is 3.56. The van der Waals surface area contributed by atoms with Crippen LogP contribution in [0.2, 0.25) is 0 Å². The number of nitrogens with one attached hydrogen (secondary N) is 1. The molecule has 3 N–H and O–H groups in total. The first kappa shape index (κ1) is 19.6. The van der Waals surface area contributed by atoms with Crippen molar-refractivity contribution in [3.63, 3.8) is 0 Å². The van der Waals surface area contributed by atoms with E-state index in [2.05, 4.69) is 22.2 Å². The highest BCUT2D eigenvalue weighted by Crippen LogP contribution is 2.37. The van der Waals surface area contributed by atoms with Gasteiger partial charge in [0.1, 0.15) is 10.7 Å². The normalized spacial score (nSPS) is 14.4. The maximum absolute atomic E-state index is 12.9. The highest BCUT2D eigenvalue weighted by atomic mass is 32.1. The van der Waals surface area contributed by atoms with Crippen LogP contribution in [-0.4, -0.2) is 39.6 Å². The number of aryl methyl sites for hydroxylation is 1. The molecular formula is C19H27N5O2S. The molecular weight excluding hydrogens is 362 g/mol. The van der Waals surface area contributed by atoms with Crippen molar-refractivity contribution in [3.05, 3.63) is 33.5 Å². The van der Waals surface area contributed by atoms with E-state index in [0.29, 0.717) is 16.3 Å². The molecule has 0 aliphatic carbocycles. The number of carbonyl (C=O) groups excluding carboxylic acids is 2. The average Bonchev–Trinajstić information content (AvgIpc) is 3.15. The molecule has 0 spiro atoms. The number of nitrogens with zero attached hydrogens (tertiary/aromatic N) is 3. The molecule has 1 aliphatic heterocycles. The van der Waals surface area contributed by atoms with Crippen LogP contribution < -0.4 is 11.1 Å². The van der Waals surface area contributed by atoms with Crippen LogP contribution in [0.25, 0.3) is 0 Å². The smallest absolute Gasteiger partial charge is 0.274 e. The van der Waals surface area contributed by atoms with Gasteiger partial charge in [0.25, 0.3) is 11.8 Å². The van der Waals surface area contributed by atoms with Gasteiger partial charge >= 0.3 is 0 Å². The summed E-state index contributed by atoms with van der Waals surface area (Å²) in [4.78, 5) is 28.5. The number of anilines is 1. The van der Waals surface area contributed by atoms with E-state index >= 15 is 0 Å². The van der Waals surface area contributed by atoms with Crippen molar-refractivity contribution in [1.29, 1.82) is 0 Å².